The number of carbonyl (C=O) groups is 1. The van der Waals surface area contributed by atoms with Gasteiger partial charge in [-0.25, -0.2) is 0 Å². The first kappa shape index (κ1) is 12.6. The van der Waals surface area contributed by atoms with E-state index in [2.05, 4.69) is 38.1 Å². The van der Waals surface area contributed by atoms with Crippen molar-refractivity contribution in [1.29, 1.82) is 0 Å². The summed E-state index contributed by atoms with van der Waals surface area (Å²) in [7, 11) is 0. The van der Waals surface area contributed by atoms with Crippen LogP contribution in [0.2, 0.25) is 0 Å². The van der Waals surface area contributed by atoms with Crippen molar-refractivity contribution in [2.45, 2.75) is 26.7 Å². The molecule has 0 amide bonds. The van der Waals surface area contributed by atoms with E-state index < -0.39 is 0 Å². The Kier molecular flexibility index (Phi) is 3.61. The van der Waals surface area contributed by atoms with E-state index in [9.17, 15) is 4.79 Å². The van der Waals surface area contributed by atoms with Crippen LogP contribution in [0.4, 0.5) is 0 Å². The normalized spacial score (nSPS) is 10.7. The minimum absolute atomic E-state index is 0.474. The largest absolute Gasteiger partial charge is 0.298 e. The Balaban J connectivity index is 2.58. The second-order valence-corrected chi connectivity index (χ2v) is 4.93. The van der Waals surface area contributed by atoms with Gasteiger partial charge in [-0.05, 0) is 41.2 Å². The lowest BCUT2D eigenvalue weighted by Gasteiger charge is -2.13. The first-order chi connectivity index (χ1) is 8.63. The molecule has 0 aliphatic rings. The Labute approximate surface area is 108 Å². The molecule has 1 heteroatoms. The zero-order chi connectivity index (χ0) is 13.1. The highest BCUT2D eigenvalue weighted by atomic mass is 16.1. The maximum atomic E-state index is 11.0. The van der Waals surface area contributed by atoms with Crippen LogP contribution >= 0.6 is 0 Å². The lowest BCUT2D eigenvalue weighted by molar-refractivity contribution is 0.112. The van der Waals surface area contributed by atoms with Gasteiger partial charge in [-0.3, -0.25) is 4.79 Å². The first-order valence-electron chi connectivity index (χ1n) is 6.28. The number of aldehydes is 1. The summed E-state index contributed by atoms with van der Waals surface area (Å²) < 4.78 is 0. The van der Waals surface area contributed by atoms with Crippen LogP contribution in [0.1, 0.15) is 41.3 Å². The van der Waals surface area contributed by atoms with Gasteiger partial charge >= 0.3 is 0 Å². The molecular weight excluding hydrogens is 220 g/mol. The van der Waals surface area contributed by atoms with Crippen LogP contribution in [0.15, 0.2) is 42.5 Å². The minimum Gasteiger partial charge on any atom is -0.298 e. The van der Waals surface area contributed by atoms with Gasteiger partial charge in [0.05, 0.1) is 0 Å². The van der Waals surface area contributed by atoms with Crippen molar-refractivity contribution in [2.24, 2.45) is 0 Å². The Hall–Kier alpha value is -1.89. The summed E-state index contributed by atoms with van der Waals surface area (Å²) >= 11 is 0. The maximum Gasteiger partial charge on any atom is 0.150 e. The lowest BCUT2D eigenvalue weighted by Crippen LogP contribution is -1.93. The molecule has 92 valence electrons. The van der Waals surface area contributed by atoms with Gasteiger partial charge in [0.1, 0.15) is 6.29 Å². The van der Waals surface area contributed by atoms with E-state index in [1.54, 1.807) is 0 Å². The number of aryl methyl sites for hydroxylation is 1. The fourth-order valence-electron chi connectivity index (χ4n) is 2.20. The second kappa shape index (κ2) is 5.18. The molecule has 0 fully saturated rings. The smallest absolute Gasteiger partial charge is 0.150 e. The van der Waals surface area contributed by atoms with E-state index in [4.69, 9.17) is 0 Å². The van der Waals surface area contributed by atoms with Gasteiger partial charge in [0.2, 0.25) is 0 Å². The Morgan fingerprint density at radius 1 is 1.06 bits per heavy atom. The van der Waals surface area contributed by atoms with E-state index in [1.807, 2.05) is 25.1 Å². The molecule has 0 radical (unpaired) electrons. The van der Waals surface area contributed by atoms with Gasteiger partial charge in [-0.2, -0.15) is 0 Å². The summed E-state index contributed by atoms with van der Waals surface area (Å²) in [6, 6.07) is 14.5. The van der Waals surface area contributed by atoms with Crippen LogP contribution in [0.5, 0.6) is 0 Å². The van der Waals surface area contributed by atoms with Crippen molar-refractivity contribution in [3.8, 4) is 11.1 Å². The number of hydrogen-bond donors (Lipinski definition) is 0. The van der Waals surface area contributed by atoms with Crippen LogP contribution in [-0.4, -0.2) is 6.29 Å². The molecule has 2 rings (SSSR count). The summed E-state index contributed by atoms with van der Waals surface area (Å²) in [5.41, 5.74) is 5.45. The molecule has 0 heterocycles. The third-order valence-electron chi connectivity index (χ3n) is 3.30. The highest BCUT2D eigenvalue weighted by Gasteiger charge is 2.08. The van der Waals surface area contributed by atoms with Crippen LogP contribution in [0.3, 0.4) is 0 Å². The average Bonchev–Trinajstić information content (AvgIpc) is 2.39. The summed E-state index contributed by atoms with van der Waals surface area (Å²) in [6.07, 6.45) is 0.927. The van der Waals surface area contributed by atoms with Gasteiger partial charge < -0.3 is 0 Å². The second-order valence-electron chi connectivity index (χ2n) is 4.93. The fourth-order valence-corrected chi connectivity index (χ4v) is 2.20. The van der Waals surface area contributed by atoms with E-state index in [-0.39, 0.29) is 0 Å². The summed E-state index contributed by atoms with van der Waals surface area (Å²) in [4.78, 5) is 11.0. The van der Waals surface area contributed by atoms with Gasteiger partial charge in [-0.1, -0.05) is 50.2 Å². The molecule has 0 atom stereocenters. The number of benzene rings is 2. The van der Waals surface area contributed by atoms with Crippen molar-refractivity contribution >= 4 is 6.29 Å². The molecule has 0 bridgehead atoms. The first-order valence-corrected chi connectivity index (χ1v) is 6.28. The van der Waals surface area contributed by atoms with Crippen molar-refractivity contribution in [2.75, 3.05) is 0 Å². The molecule has 0 aliphatic carbocycles. The SMILES string of the molecule is Cc1ccc(-c2ccccc2C(C)C)cc1C=O. The molecule has 0 saturated carbocycles. The predicted octanol–water partition coefficient (Wildman–Crippen LogP) is 4.60. The molecule has 0 spiro atoms. The van der Waals surface area contributed by atoms with Crippen molar-refractivity contribution in [3.05, 3.63) is 59.2 Å². The molecule has 2 aromatic rings. The maximum absolute atomic E-state index is 11.0. The summed E-state index contributed by atoms with van der Waals surface area (Å²) in [5, 5.41) is 0. The topological polar surface area (TPSA) is 17.1 Å². The van der Waals surface area contributed by atoms with E-state index in [1.165, 1.54) is 11.1 Å². The minimum atomic E-state index is 0.474. The standard InChI is InChI=1S/C17H18O/c1-12(2)16-6-4-5-7-17(16)14-9-8-13(3)15(10-14)11-18/h4-12H,1-3H3. The summed E-state index contributed by atoms with van der Waals surface area (Å²) in [6.45, 7) is 6.34. The lowest BCUT2D eigenvalue weighted by atomic mass is 9.91. The summed E-state index contributed by atoms with van der Waals surface area (Å²) in [5.74, 6) is 0.474. The Morgan fingerprint density at radius 2 is 1.78 bits per heavy atom. The van der Waals surface area contributed by atoms with Gasteiger partial charge in [0, 0.05) is 5.56 Å². The van der Waals surface area contributed by atoms with Crippen molar-refractivity contribution in [3.63, 3.8) is 0 Å². The Morgan fingerprint density at radius 3 is 2.44 bits per heavy atom. The molecule has 0 saturated heterocycles. The average molecular weight is 238 g/mol. The Bertz CT molecular complexity index is 568. The number of hydrogen-bond acceptors (Lipinski definition) is 1. The fraction of sp³-hybridized carbons (Fsp3) is 0.235. The highest BCUT2D eigenvalue weighted by molar-refractivity contribution is 5.81. The van der Waals surface area contributed by atoms with Crippen molar-refractivity contribution in [1.82, 2.24) is 0 Å². The molecular formula is C17H18O. The molecule has 0 unspecified atom stereocenters. The molecule has 1 nitrogen and oxygen atoms in total. The molecule has 0 aliphatic heterocycles. The highest BCUT2D eigenvalue weighted by Crippen LogP contribution is 2.29. The quantitative estimate of drug-likeness (QED) is 0.714. The third-order valence-corrected chi connectivity index (χ3v) is 3.30. The van der Waals surface area contributed by atoms with Crippen LogP contribution < -0.4 is 0 Å². The molecule has 18 heavy (non-hydrogen) atoms. The predicted molar refractivity (Wildman–Crippen MR) is 76.1 cm³/mol. The van der Waals surface area contributed by atoms with Gasteiger partial charge in [-0.15, -0.1) is 0 Å². The zero-order valence-corrected chi connectivity index (χ0v) is 11.1. The van der Waals surface area contributed by atoms with E-state index in [0.717, 1.165) is 23.0 Å². The zero-order valence-electron chi connectivity index (χ0n) is 11.1. The molecule has 0 N–H and O–H groups in total. The third kappa shape index (κ3) is 2.35. The van der Waals surface area contributed by atoms with Gasteiger partial charge in [0.15, 0.2) is 0 Å². The van der Waals surface area contributed by atoms with Crippen LogP contribution in [0.25, 0.3) is 11.1 Å². The van der Waals surface area contributed by atoms with Crippen molar-refractivity contribution < 1.29 is 4.79 Å². The van der Waals surface area contributed by atoms with E-state index >= 15 is 0 Å². The van der Waals surface area contributed by atoms with Crippen LogP contribution in [-0.2, 0) is 0 Å². The number of rotatable bonds is 3. The molecule has 0 aromatic heterocycles. The number of carbonyl (C=O) groups excluding carboxylic acids is 1. The molecule has 2 aromatic carbocycles. The van der Waals surface area contributed by atoms with Crippen LogP contribution in [0, 0.1) is 6.92 Å². The van der Waals surface area contributed by atoms with E-state index in [0.29, 0.717) is 5.92 Å². The van der Waals surface area contributed by atoms with Gasteiger partial charge in [0.25, 0.3) is 0 Å². The monoisotopic (exact) mass is 238 g/mol.